The molecule has 0 saturated carbocycles. The molecule has 0 spiro atoms. The molecule has 0 saturated heterocycles. The summed E-state index contributed by atoms with van der Waals surface area (Å²) >= 11 is 3.45. The summed E-state index contributed by atoms with van der Waals surface area (Å²) < 4.78 is 0.947. The number of hydrogen-bond donors (Lipinski definition) is 3. The van der Waals surface area contributed by atoms with Crippen molar-refractivity contribution in [3.63, 3.8) is 0 Å². The molecule has 1 amide bonds. The van der Waals surface area contributed by atoms with E-state index in [1.165, 1.54) is 0 Å². The van der Waals surface area contributed by atoms with Crippen molar-refractivity contribution in [1.29, 1.82) is 0 Å². The standard InChI is InChI=1S/C14H17BrN2O2/c1-8(2)13(18)7-16-14(19)12-6-9-10(15)4-3-5-11(9)17-12/h3-6,8,13,17-18H,7H2,1-2H3,(H,16,19). The SMILES string of the molecule is CC(C)C(O)CNC(=O)c1cc2c(Br)cccc2[nH]1. The molecular formula is C14H17BrN2O2. The number of aromatic amines is 1. The van der Waals surface area contributed by atoms with Gasteiger partial charge in [-0.15, -0.1) is 0 Å². The van der Waals surface area contributed by atoms with Gasteiger partial charge in [-0.2, -0.15) is 0 Å². The van der Waals surface area contributed by atoms with E-state index in [9.17, 15) is 9.90 Å². The van der Waals surface area contributed by atoms with E-state index in [0.29, 0.717) is 5.69 Å². The summed E-state index contributed by atoms with van der Waals surface area (Å²) in [6, 6.07) is 7.56. The average Bonchev–Trinajstić information content (AvgIpc) is 2.80. The molecule has 3 N–H and O–H groups in total. The highest BCUT2D eigenvalue weighted by molar-refractivity contribution is 9.10. The van der Waals surface area contributed by atoms with Crippen LogP contribution in [0.5, 0.6) is 0 Å². The van der Waals surface area contributed by atoms with Crippen LogP contribution in [0.25, 0.3) is 10.9 Å². The van der Waals surface area contributed by atoms with Gasteiger partial charge in [0.25, 0.3) is 5.91 Å². The van der Waals surface area contributed by atoms with Crippen LogP contribution in [0.2, 0.25) is 0 Å². The first-order valence-electron chi connectivity index (χ1n) is 6.22. The number of aliphatic hydroxyl groups is 1. The molecule has 4 nitrogen and oxygen atoms in total. The number of hydrogen-bond acceptors (Lipinski definition) is 2. The van der Waals surface area contributed by atoms with Gasteiger partial charge in [0.1, 0.15) is 5.69 Å². The molecule has 19 heavy (non-hydrogen) atoms. The van der Waals surface area contributed by atoms with Crippen LogP contribution in [0.3, 0.4) is 0 Å². The third kappa shape index (κ3) is 3.16. The van der Waals surface area contributed by atoms with Gasteiger partial charge >= 0.3 is 0 Å². The number of H-pyrrole nitrogens is 1. The van der Waals surface area contributed by atoms with Crippen LogP contribution in [0.1, 0.15) is 24.3 Å². The smallest absolute Gasteiger partial charge is 0.267 e. The van der Waals surface area contributed by atoms with Crippen LogP contribution in [0.15, 0.2) is 28.7 Å². The Labute approximate surface area is 120 Å². The Kier molecular flexibility index (Phi) is 4.27. The van der Waals surface area contributed by atoms with Gasteiger partial charge < -0.3 is 15.4 Å². The Bertz CT molecular complexity index is 592. The number of amides is 1. The Morgan fingerprint density at radius 1 is 1.47 bits per heavy atom. The van der Waals surface area contributed by atoms with E-state index in [1.54, 1.807) is 6.07 Å². The maximum absolute atomic E-state index is 12.0. The Morgan fingerprint density at radius 2 is 2.21 bits per heavy atom. The molecule has 0 aliphatic rings. The van der Waals surface area contributed by atoms with E-state index in [0.717, 1.165) is 15.4 Å². The molecule has 1 aromatic carbocycles. The van der Waals surface area contributed by atoms with Gasteiger partial charge in [0.05, 0.1) is 6.10 Å². The fraction of sp³-hybridized carbons (Fsp3) is 0.357. The minimum atomic E-state index is -0.528. The van der Waals surface area contributed by atoms with Crippen LogP contribution in [-0.4, -0.2) is 28.6 Å². The largest absolute Gasteiger partial charge is 0.391 e. The maximum Gasteiger partial charge on any atom is 0.267 e. The first-order chi connectivity index (χ1) is 8.99. The van der Waals surface area contributed by atoms with Crippen molar-refractivity contribution in [1.82, 2.24) is 10.3 Å². The molecule has 1 unspecified atom stereocenters. The second-order valence-corrected chi connectivity index (χ2v) is 5.76. The summed E-state index contributed by atoms with van der Waals surface area (Å²) in [5, 5.41) is 13.4. The Morgan fingerprint density at radius 3 is 2.84 bits per heavy atom. The van der Waals surface area contributed by atoms with E-state index in [4.69, 9.17) is 0 Å². The number of carbonyl (C=O) groups is 1. The predicted octanol–water partition coefficient (Wildman–Crippen LogP) is 2.68. The van der Waals surface area contributed by atoms with Gasteiger partial charge in [0, 0.05) is 21.9 Å². The number of halogens is 1. The Balaban J connectivity index is 2.12. The van der Waals surface area contributed by atoms with Gasteiger partial charge in [0.15, 0.2) is 0 Å². The number of benzene rings is 1. The highest BCUT2D eigenvalue weighted by Crippen LogP contribution is 2.24. The topological polar surface area (TPSA) is 65.1 Å². The summed E-state index contributed by atoms with van der Waals surface area (Å²) in [4.78, 5) is 15.0. The third-order valence-electron chi connectivity index (χ3n) is 3.10. The van der Waals surface area contributed by atoms with Crippen LogP contribution in [-0.2, 0) is 0 Å². The second kappa shape index (κ2) is 5.75. The summed E-state index contributed by atoms with van der Waals surface area (Å²) in [6.07, 6.45) is -0.528. The molecule has 5 heteroatoms. The predicted molar refractivity (Wildman–Crippen MR) is 79.2 cm³/mol. The number of fused-ring (bicyclic) bond motifs is 1. The van der Waals surface area contributed by atoms with E-state index in [2.05, 4.69) is 26.2 Å². The van der Waals surface area contributed by atoms with Crippen molar-refractivity contribution in [3.8, 4) is 0 Å². The first-order valence-corrected chi connectivity index (χ1v) is 7.02. The molecule has 0 aliphatic carbocycles. The van der Waals surface area contributed by atoms with Gasteiger partial charge in [0.2, 0.25) is 0 Å². The van der Waals surface area contributed by atoms with Gasteiger partial charge in [-0.3, -0.25) is 4.79 Å². The zero-order valence-corrected chi connectivity index (χ0v) is 12.5. The van der Waals surface area contributed by atoms with Crippen molar-refractivity contribution in [2.45, 2.75) is 20.0 Å². The van der Waals surface area contributed by atoms with Gasteiger partial charge in [-0.1, -0.05) is 35.8 Å². The normalized spacial score (nSPS) is 12.9. The lowest BCUT2D eigenvalue weighted by Gasteiger charge is -2.14. The molecule has 1 aromatic heterocycles. The second-order valence-electron chi connectivity index (χ2n) is 4.91. The number of nitrogens with one attached hydrogen (secondary N) is 2. The summed E-state index contributed by atoms with van der Waals surface area (Å²) in [6.45, 7) is 4.08. The van der Waals surface area contributed by atoms with E-state index >= 15 is 0 Å². The number of aliphatic hydroxyl groups excluding tert-OH is 1. The minimum absolute atomic E-state index is 0.122. The fourth-order valence-corrected chi connectivity index (χ4v) is 2.25. The molecule has 102 valence electrons. The monoisotopic (exact) mass is 324 g/mol. The summed E-state index contributed by atoms with van der Waals surface area (Å²) in [7, 11) is 0. The zero-order valence-electron chi connectivity index (χ0n) is 10.9. The fourth-order valence-electron chi connectivity index (χ4n) is 1.77. The van der Waals surface area contributed by atoms with Crippen molar-refractivity contribution in [3.05, 3.63) is 34.4 Å². The zero-order chi connectivity index (χ0) is 14.0. The van der Waals surface area contributed by atoms with E-state index < -0.39 is 6.10 Å². The Hall–Kier alpha value is -1.33. The van der Waals surface area contributed by atoms with E-state index in [1.807, 2.05) is 32.0 Å². The minimum Gasteiger partial charge on any atom is -0.391 e. The van der Waals surface area contributed by atoms with Crippen LogP contribution >= 0.6 is 15.9 Å². The quantitative estimate of drug-likeness (QED) is 0.809. The summed E-state index contributed by atoms with van der Waals surface area (Å²) in [5.41, 5.74) is 1.40. The lowest BCUT2D eigenvalue weighted by molar-refractivity contribution is 0.0868. The van der Waals surface area contributed by atoms with Gasteiger partial charge in [-0.05, 0) is 24.1 Å². The van der Waals surface area contributed by atoms with E-state index in [-0.39, 0.29) is 18.4 Å². The number of carbonyl (C=O) groups excluding carboxylic acids is 1. The number of rotatable bonds is 4. The average molecular weight is 325 g/mol. The lowest BCUT2D eigenvalue weighted by atomic mass is 10.1. The van der Waals surface area contributed by atoms with Crippen LogP contribution < -0.4 is 5.32 Å². The third-order valence-corrected chi connectivity index (χ3v) is 3.79. The maximum atomic E-state index is 12.0. The van der Waals surface area contributed by atoms with Crippen molar-refractivity contribution < 1.29 is 9.90 Å². The molecule has 2 rings (SSSR count). The van der Waals surface area contributed by atoms with Gasteiger partial charge in [-0.25, -0.2) is 0 Å². The summed E-state index contributed by atoms with van der Waals surface area (Å²) in [5.74, 6) is -0.0834. The molecule has 0 aliphatic heterocycles. The van der Waals surface area contributed by atoms with Crippen molar-refractivity contribution in [2.75, 3.05) is 6.54 Å². The molecule has 1 atom stereocenters. The van der Waals surface area contributed by atoms with Crippen molar-refractivity contribution in [2.24, 2.45) is 5.92 Å². The molecule has 0 fully saturated rings. The molecule has 2 aromatic rings. The highest BCUT2D eigenvalue weighted by atomic mass is 79.9. The first kappa shape index (κ1) is 14.1. The molecule has 0 bridgehead atoms. The molecule has 1 heterocycles. The number of aromatic nitrogens is 1. The lowest BCUT2D eigenvalue weighted by Crippen LogP contribution is -2.34. The van der Waals surface area contributed by atoms with Crippen molar-refractivity contribution >= 4 is 32.7 Å². The van der Waals surface area contributed by atoms with Crippen LogP contribution in [0.4, 0.5) is 0 Å². The van der Waals surface area contributed by atoms with Crippen LogP contribution in [0, 0.1) is 5.92 Å². The highest BCUT2D eigenvalue weighted by Gasteiger charge is 2.14. The molecular weight excluding hydrogens is 308 g/mol. The molecule has 0 radical (unpaired) electrons.